The van der Waals surface area contributed by atoms with Crippen molar-refractivity contribution in [1.29, 1.82) is 0 Å². The molecule has 4 aromatic rings. The van der Waals surface area contributed by atoms with Crippen LogP contribution in [0.2, 0.25) is 10.0 Å². The van der Waals surface area contributed by atoms with Gasteiger partial charge in [0.2, 0.25) is 11.8 Å². The monoisotopic (exact) mass is 683 g/mol. The van der Waals surface area contributed by atoms with Crippen molar-refractivity contribution in [3.63, 3.8) is 0 Å². The van der Waals surface area contributed by atoms with Gasteiger partial charge >= 0.3 is 0 Å². The summed E-state index contributed by atoms with van der Waals surface area (Å²) in [5.74, 6) is -0.461. The number of hydrogen-bond acceptors (Lipinski definition) is 6. The van der Waals surface area contributed by atoms with Gasteiger partial charge in [0.1, 0.15) is 12.6 Å². The number of sulfonamides is 1. The van der Waals surface area contributed by atoms with Crippen molar-refractivity contribution in [2.75, 3.05) is 32.1 Å². The van der Waals surface area contributed by atoms with Gasteiger partial charge in [0.05, 0.1) is 24.8 Å². The third kappa shape index (κ3) is 7.93. The summed E-state index contributed by atoms with van der Waals surface area (Å²) >= 11 is 13.1. The van der Waals surface area contributed by atoms with Crippen LogP contribution in [0.3, 0.4) is 0 Å². The Bertz CT molecular complexity index is 1770. The number of ether oxygens (including phenoxy) is 2. The smallest absolute Gasteiger partial charge is 0.264 e. The van der Waals surface area contributed by atoms with Crippen LogP contribution in [0.15, 0.2) is 95.9 Å². The molecule has 2 amide bonds. The first kappa shape index (κ1) is 34.6. The van der Waals surface area contributed by atoms with E-state index in [0.717, 1.165) is 15.4 Å². The van der Waals surface area contributed by atoms with Crippen LogP contribution >= 0.6 is 23.2 Å². The molecule has 12 heteroatoms. The van der Waals surface area contributed by atoms with Gasteiger partial charge in [0, 0.05) is 41.7 Å². The number of carbonyl (C=O) groups excluding carboxylic acids is 2. The molecule has 0 aromatic heterocycles. The van der Waals surface area contributed by atoms with Crippen molar-refractivity contribution < 1.29 is 27.5 Å². The summed E-state index contributed by atoms with van der Waals surface area (Å²) in [6, 6.07) is 24.0. The number of nitrogens with zero attached hydrogens (tertiary/aromatic N) is 2. The Hall–Kier alpha value is -4.25. The first-order valence-corrected chi connectivity index (χ1v) is 16.5. The van der Waals surface area contributed by atoms with Crippen LogP contribution in [-0.4, -0.2) is 59.0 Å². The van der Waals surface area contributed by atoms with Crippen LogP contribution < -0.4 is 19.1 Å². The minimum Gasteiger partial charge on any atom is -0.493 e. The van der Waals surface area contributed by atoms with Crippen LogP contribution in [-0.2, 0) is 32.6 Å². The van der Waals surface area contributed by atoms with Gasteiger partial charge in [-0.05, 0) is 48.9 Å². The van der Waals surface area contributed by atoms with Crippen molar-refractivity contribution in [3.05, 3.63) is 118 Å². The molecule has 1 N–H and O–H groups in total. The number of halogens is 2. The molecule has 1 atom stereocenters. The molecule has 242 valence electrons. The Kier molecular flexibility index (Phi) is 11.6. The normalized spacial score (nSPS) is 11.8. The van der Waals surface area contributed by atoms with Gasteiger partial charge in [-0.3, -0.25) is 13.9 Å². The highest BCUT2D eigenvalue weighted by Gasteiger charge is 2.35. The molecule has 0 heterocycles. The van der Waals surface area contributed by atoms with Crippen molar-refractivity contribution in [2.45, 2.75) is 30.8 Å². The van der Waals surface area contributed by atoms with Crippen molar-refractivity contribution in [3.8, 4) is 11.5 Å². The average Bonchev–Trinajstić information content (AvgIpc) is 3.06. The maximum atomic E-state index is 14.5. The molecule has 1 unspecified atom stereocenters. The number of likely N-dealkylation sites (N-methyl/N-ethyl adjacent to an activating group) is 1. The summed E-state index contributed by atoms with van der Waals surface area (Å²) < 4.78 is 40.3. The van der Waals surface area contributed by atoms with Gasteiger partial charge in [-0.25, -0.2) is 8.42 Å². The minimum atomic E-state index is -4.31. The third-order valence-corrected chi connectivity index (χ3v) is 9.95. The molecule has 4 rings (SSSR count). The molecule has 0 bridgehead atoms. The fourth-order valence-corrected chi connectivity index (χ4v) is 6.84. The molecule has 0 spiro atoms. The Morgan fingerprint density at radius 3 is 2.07 bits per heavy atom. The highest BCUT2D eigenvalue weighted by atomic mass is 35.5. The lowest BCUT2D eigenvalue weighted by atomic mass is 10.0. The van der Waals surface area contributed by atoms with E-state index in [4.69, 9.17) is 32.7 Å². The quantitative estimate of drug-likeness (QED) is 0.188. The number of nitrogens with one attached hydrogen (secondary N) is 1. The number of anilines is 1. The molecule has 0 fully saturated rings. The number of methoxy groups -OCH3 is 2. The standard InChI is InChI=1S/C34H35Cl2N3O6S/c1-23-13-16-26(17-14-23)46(42,43)39(25-15-18-31(44-3)32(20-25)45-4)22-33(40)38(21-27-28(35)11-8-12-29(27)36)30(34(41)37-2)19-24-9-6-5-7-10-24/h5-18,20,30H,19,21-22H2,1-4H3,(H,37,41). The molecule has 46 heavy (non-hydrogen) atoms. The van der Waals surface area contributed by atoms with Gasteiger partial charge in [-0.15, -0.1) is 0 Å². The SMILES string of the molecule is CNC(=O)C(Cc1ccccc1)N(Cc1c(Cl)cccc1Cl)C(=O)CN(c1ccc(OC)c(OC)c1)S(=O)(=O)c1ccc(C)cc1. The number of hydrogen-bond donors (Lipinski definition) is 1. The van der Waals surface area contributed by atoms with E-state index in [2.05, 4.69) is 5.32 Å². The lowest BCUT2D eigenvalue weighted by Gasteiger charge is -2.34. The molecular formula is C34H35Cl2N3O6S. The first-order valence-electron chi connectivity index (χ1n) is 14.3. The molecule has 4 aromatic carbocycles. The number of benzene rings is 4. The second kappa shape index (κ2) is 15.4. The van der Waals surface area contributed by atoms with Crippen LogP contribution in [0.4, 0.5) is 5.69 Å². The van der Waals surface area contributed by atoms with E-state index in [9.17, 15) is 18.0 Å². The van der Waals surface area contributed by atoms with E-state index in [1.807, 2.05) is 37.3 Å². The van der Waals surface area contributed by atoms with E-state index >= 15 is 0 Å². The summed E-state index contributed by atoms with van der Waals surface area (Å²) in [5.41, 5.74) is 2.23. The number of rotatable bonds is 13. The minimum absolute atomic E-state index is 0.0199. The van der Waals surface area contributed by atoms with E-state index in [1.54, 1.807) is 36.4 Å². The number of aryl methyl sites for hydroxylation is 1. The van der Waals surface area contributed by atoms with E-state index in [-0.39, 0.29) is 29.3 Å². The third-order valence-electron chi connectivity index (χ3n) is 7.45. The number of amides is 2. The summed E-state index contributed by atoms with van der Waals surface area (Å²) in [6.45, 7) is 1.03. The summed E-state index contributed by atoms with van der Waals surface area (Å²) in [5, 5.41) is 3.24. The second-order valence-electron chi connectivity index (χ2n) is 10.4. The zero-order valence-electron chi connectivity index (χ0n) is 25.9. The van der Waals surface area contributed by atoms with Crippen LogP contribution in [0, 0.1) is 6.92 Å². The predicted octanol–water partition coefficient (Wildman–Crippen LogP) is 5.90. The summed E-state index contributed by atoms with van der Waals surface area (Å²) in [6.07, 6.45) is 0.148. The van der Waals surface area contributed by atoms with Crippen molar-refractivity contribution in [1.82, 2.24) is 10.2 Å². The molecule has 0 saturated heterocycles. The predicted molar refractivity (Wildman–Crippen MR) is 180 cm³/mol. The summed E-state index contributed by atoms with van der Waals surface area (Å²) in [7, 11) is 0.0609. The lowest BCUT2D eigenvalue weighted by molar-refractivity contribution is -0.139. The molecule has 0 aliphatic carbocycles. The molecule has 9 nitrogen and oxygen atoms in total. The Morgan fingerprint density at radius 2 is 1.48 bits per heavy atom. The van der Waals surface area contributed by atoms with E-state index in [1.165, 1.54) is 50.4 Å². The highest BCUT2D eigenvalue weighted by Crippen LogP contribution is 2.34. The van der Waals surface area contributed by atoms with Gasteiger partial charge in [-0.2, -0.15) is 0 Å². The fraction of sp³-hybridized carbons (Fsp3) is 0.235. The summed E-state index contributed by atoms with van der Waals surface area (Å²) in [4.78, 5) is 29.3. The van der Waals surface area contributed by atoms with Gasteiger partial charge in [-0.1, -0.05) is 77.3 Å². The Morgan fingerprint density at radius 1 is 0.848 bits per heavy atom. The van der Waals surface area contributed by atoms with Gasteiger partial charge < -0.3 is 19.7 Å². The second-order valence-corrected chi connectivity index (χ2v) is 13.1. The Labute approximate surface area is 279 Å². The lowest BCUT2D eigenvalue weighted by Crippen LogP contribution is -2.53. The van der Waals surface area contributed by atoms with Crippen LogP contribution in [0.25, 0.3) is 0 Å². The highest BCUT2D eigenvalue weighted by molar-refractivity contribution is 7.92. The van der Waals surface area contributed by atoms with E-state index < -0.39 is 34.4 Å². The Balaban J connectivity index is 1.86. The van der Waals surface area contributed by atoms with Gasteiger partial charge in [0.25, 0.3) is 10.0 Å². The van der Waals surface area contributed by atoms with Crippen molar-refractivity contribution >= 4 is 50.7 Å². The average molecular weight is 685 g/mol. The zero-order valence-corrected chi connectivity index (χ0v) is 28.2. The first-order chi connectivity index (χ1) is 22.0. The fourth-order valence-electron chi connectivity index (χ4n) is 4.92. The molecule has 0 radical (unpaired) electrons. The molecular weight excluding hydrogens is 649 g/mol. The maximum absolute atomic E-state index is 14.5. The maximum Gasteiger partial charge on any atom is 0.264 e. The largest absolute Gasteiger partial charge is 0.493 e. The molecule has 0 saturated carbocycles. The van der Waals surface area contributed by atoms with Gasteiger partial charge in [0.15, 0.2) is 11.5 Å². The number of carbonyl (C=O) groups is 2. The van der Waals surface area contributed by atoms with Crippen LogP contribution in [0.5, 0.6) is 11.5 Å². The molecule has 0 aliphatic heterocycles. The van der Waals surface area contributed by atoms with Crippen LogP contribution in [0.1, 0.15) is 16.7 Å². The zero-order chi connectivity index (χ0) is 33.4. The topological polar surface area (TPSA) is 105 Å². The van der Waals surface area contributed by atoms with Crippen molar-refractivity contribution in [2.24, 2.45) is 0 Å². The molecule has 0 aliphatic rings. The van der Waals surface area contributed by atoms with E-state index in [0.29, 0.717) is 21.4 Å².